The summed E-state index contributed by atoms with van der Waals surface area (Å²) >= 11 is 1.67. The van der Waals surface area contributed by atoms with E-state index in [0.29, 0.717) is 17.9 Å². The molecule has 3 rings (SSSR count). The molecule has 0 unspecified atom stereocenters. The van der Waals surface area contributed by atoms with Gasteiger partial charge in [0.2, 0.25) is 0 Å². The lowest BCUT2D eigenvalue weighted by atomic mass is 10.2. The van der Waals surface area contributed by atoms with Crippen LogP contribution in [0, 0.1) is 0 Å². The molecule has 0 atom stereocenters. The first-order chi connectivity index (χ1) is 10.8. The molecule has 0 saturated heterocycles. The van der Waals surface area contributed by atoms with Crippen LogP contribution in [0.25, 0.3) is 10.2 Å². The van der Waals surface area contributed by atoms with Crippen LogP contribution < -0.4 is 10.1 Å². The molecule has 1 amide bonds. The Balaban J connectivity index is 1.59. The van der Waals surface area contributed by atoms with E-state index in [1.165, 1.54) is 4.70 Å². The van der Waals surface area contributed by atoms with Crippen LogP contribution >= 0.6 is 11.3 Å². The largest absolute Gasteiger partial charge is 0.497 e. The fourth-order valence-electron chi connectivity index (χ4n) is 2.18. The number of nitrogens with zero attached hydrogens (tertiary/aromatic N) is 1. The quantitative estimate of drug-likeness (QED) is 0.786. The predicted octanol–water partition coefficient (Wildman–Crippen LogP) is 3.28. The van der Waals surface area contributed by atoms with Crippen molar-refractivity contribution in [3.63, 3.8) is 0 Å². The summed E-state index contributed by atoms with van der Waals surface area (Å²) in [6.45, 7) is 0.565. The predicted molar refractivity (Wildman–Crippen MR) is 88.7 cm³/mol. The molecule has 0 saturated carbocycles. The third-order valence-electron chi connectivity index (χ3n) is 3.29. The Morgan fingerprint density at radius 2 is 2.09 bits per heavy atom. The van der Waals surface area contributed by atoms with Gasteiger partial charge < -0.3 is 10.1 Å². The summed E-state index contributed by atoms with van der Waals surface area (Å²) in [6, 6.07) is 15.2. The van der Waals surface area contributed by atoms with Gasteiger partial charge in [-0.25, -0.2) is 4.98 Å². The summed E-state index contributed by atoms with van der Waals surface area (Å²) in [4.78, 5) is 16.6. The maximum Gasteiger partial charge on any atom is 0.251 e. The number of amides is 1. The van der Waals surface area contributed by atoms with Gasteiger partial charge in [-0.2, -0.15) is 0 Å². The van der Waals surface area contributed by atoms with Crippen molar-refractivity contribution < 1.29 is 9.53 Å². The van der Waals surface area contributed by atoms with Crippen LogP contribution in [0.4, 0.5) is 0 Å². The zero-order valence-corrected chi connectivity index (χ0v) is 13.0. The van der Waals surface area contributed by atoms with Gasteiger partial charge in [-0.3, -0.25) is 4.79 Å². The zero-order chi connectivity index (χ0) is 15.4. The lowest BCUT2D eigenvalue weighted by Gasteiger charge is -2.05. The lowest BCUT2D eigenvalue weighted by molar-refractivity contribution is 0.0954. The van der Waals surface area contributed by atoms with Crippen molar-refractivity contribution in [2.24, 2.45) is 0 Å². The molecule has 0 bridgehead atoms. The third kappa shape index (κ3) is 3.26. The SMILES string of the molecule is COc1cccc(C(=O)NCCc2nc3ccccc3s2)c1. The Hall–Kier alpha value is -2.40. The minimum Gasteiger partial charge on any atom is -0.497 e. The molecule has 5 heteroatoms. The first-order valence-corrected chi connectivity index (χ1v) is 7.84. The number of para-hydroxylation sites is 1. The second-order valence-corrected chi connectivity index (χ2v) is 5.93. The number of aromatic nitrogens is 1. The van der Waals surface area contributed by atoms with E-state index in [2.05, 4.69) is 16.4 Å². The fraction of sp³-hybridized carbons (Fsp3) is 0.176. The summed E-state index contributed by atoms with van der Waals surface area (Å²) < 4.78 is 6.30. The first kappa shape index (κ1) is 14.5. The van der Waals surface area contributed by atoms with Crippen LogP contribution in [-0.4, -0.2) is 24.5 Å². The summed E-state index contributed by atoms with van der Waals surface area (Å²) in [6.07, 6.45) is 0.731. The number of carbonyl (C=O) groups is 1. The third-order valence-corrected chi connectivity index (χ3v) is 4.39. The molecule has 0 radical (unpaired) electrons. The normalized spacial score (nSPS) is 10.6. The van der Waals surface area contributed by atoms with Crippen molar-refractivity contribution >= 4 is 27.5 Å². The average molecular weight is 312 g/mol. The summed E-state index contributed by atoms with van der Waals surface area (Å²) in [5, 5.41) is 3.95. The molecule has 0 fully saturated rings. The number of nitrogens with one attached hydrogen (secondary N) is 1. The van der Waals surface area contributed by atoms with Crippen LogP contribution in [0.1, 0.15) is 15.4 Å². The number of rotatable bonds is 5. The van der Waals surface area contributed by atoms with Crippen molar-refractivity contribution in [2.75, 3.05) is 13.7 Å². The fourth-order valence-corrected chi connectivity index (χ4v) is 3.14. The minimum absolute atomic E-state index is 0.0972. The summed E-state index contributed by atoms with van der Waals surface area (Å²) in [5.74, 6) is 0.582. The Kier molecular flexibility index (Phi) is 4.34. The van der Waals surface area contributed by atoms with E-state index in [4.69, 9.17) is 4.74 Å². The van der Waals surface area contributed by atoms with E-state index in [0.717, 1.165) is 16.9 Å². The van der Waals surface area contributed by atoms with Crippen molar-refractivity contribution in [2.45, 2.75) is 6.42 Å². The summed E-state index contributed by atoms with van der Waals surface area (Å²) in [7, 11) is 1.59. The Labute approximate surface area is 132 Å². The van der Waals surface area contributed by atoms with Gasteiger partial charge in [0.05, 0.1) is 22.3 Å². The average Bonchev–Trinajstić information content (AvgIpc) is 2.97. The van der Waals surface area contributed by atoms with E-state index >= 15 is 0 Å². The Morgan fingerprint density at radius 1 is 1.23 bits per heavy atom. The molecule has 1 aromatic heterocycles. The number of hydrogen-bond donors (Lipinski definition) is 1. The van der Waals surface area contributed by atoms with Gasteiger partial charge in [0.1, 0.15) is 5.75 Å². The van der Waals surface area contributed by atoms with Crippen molar-refractivity contribution in [1.29, 1.82) is 0 Å². The van der Waals surface area contributed by atoms with Gasteiger partial charge in [0.25, 0.3) is 5.91 Å². The van der Waals surface area contributed by atoms with Gasteiger partial charge in [0, 0.05) is 18.5 Å². The highest BCUT2D eigenvalue weighted by atomic mass is 32.1. The smallest absolute Gasteiger partial charge is 0.251 e. The van der Waals surface area contributed by atoms with Gasteiger partial charge in [-0.05, 0) is 30.3 Å². The summed E-state index contributed by atoms with van der Waals surface area (Å²) in [5.41, 5.74) is 1.62. The minimum atomic E-state index is -0.0972. The second kappa shape index (κ2) is 6.58. The van der Waals surface area contributed by atoms with Gasteiger partial charge in [-0.15, -0.1) is 11.3 Å². The number of methoxy groups -OCH3 is 1. The molecule has 2 aromatic carbocycles. The highest BCUT2D eigenvalue weighted by Gasteiger charge is 2.07. The number of thiazole rings is 1. The van der Waals surface area contributed by atoms with Crippen LogP contribution in [0.15, 0.2) is 48.5 Å². The number of hydrogen-bond acceptors (Lipinski definition) is 4. The Bertz CT molecular complexity index is 765. The number of fused-ring (bicyclic) bond motifs is 1. The molecule has 1 N–H and O–H groups in total. The molecule has 0 aliphatic heterocycles. The molecule has 0 aliphatic rings. The maximum atomic E-state index is 12.1. The number of ether oxygens (including phenoxy) is 1. The lowest BCUT2D eigenvalue weighted by Crippen LogP contribution is -2.25. The van der Waals surface area contributed by atoms with Gasteiger partial charge in [-0.1, -0.05) is 18.2 Å². The molecule has 0 spiro atoms. The van der Waals surface area contributed by atoms with Crippen LogP contribution in [-0.2, 0) is 6.42 Å². The van der Waals surface area contributed by atoms with Crippen LogP contribution in [0.5, 0.6) is 5.75 Å². The molecule has 0 aliphatic carbocycles. The molecule has 4 nitrogen and oxygen atoms in total. The van der Waals surface area contributed by atoms with E-state index in [9.17, 15) is 4.79 Å². The molecule has 1 heterocycles. The number of benzene rings is 2. The van der Waals surface area contributed by atoms with Crippen LogP contribution in [0.3, 0.4) is 0 Å². The topological polar surface area (TPSA) is 51.2 Å². The van der Waals surface area contributed by atoms with E-state index in [-0.39, 0.29) is 5.91 Å². The molecular formula is C17H16N2O2S. The van der Waals surface area contributed by atoms with E-state index < -0.39 is 0 Å². The number of carbonyl (C=O) groups excluding carboxylic acids is 1. The zero-order valence-electron chi connectivity index (χ0n) is 12.2. The molecular weight excluding hydrogens is 296 g/mol. The van der Waals surface area contributed by atoms with Crippen LogP contribution in [0.2, 0.25) is 0 Å². The molecule has 22 heavy (non-hydrogen) atoms. The highest BCUT2D eigenvalue weighted by molar-refractivity contribution is 7.18. The van der Waals surface area contributed by atoms with Gasteiger partial charge >= 0.3 is 0 Å². The van der Waals surface area contributed by atoms with E-state index in [1.807, 2.05) is 24.3 Å². The Morgan fingerprint density at radius 3 is 2.91 bits per heavy atom. The first-order valence-electron chi connectivity index (χ1n) is 7.03. The van der Waals surface area contributed by atoms with Crippen molar-refractivity contribution in [3.05, 3.63) is 59.1 Å². The second-order valence-electron chi connectivity index (χ2n) is 4.81. The maximum absolute atomic E-state index is 12.1. The molecule has 3 aromatic rings. The molecule has 112 valence electrons. The monoisotopic (exact) mass is 312 g/mol. The van der Waals surface area contributed by atoms with Gasteiger partial charge in [0.15, 0.2) is 0 Å². The van der Waals surface area contributed by atoms with Crippen molar-refractivity contribution in [3.8, 4) is 5.75 Å². The standard InChI is InChI=1S/C17H16N2O2S/c1-21-13-6-4-5-12(11-13)17(20)18-10-9-16-19-14-7-2-3-8-15(14)22-16/h2-8,11H,9-10H2,1H3,(H,18,20). The highest BCUT2D eigenvalue weighted by Crippen LogP contribution is 2.21. The van der Waals surface area contributed by atoms with E-state index in [1.54, 1.807) is 36.6 Å². The van der Waals surface area contributed by atoms with Crippen molar-refractivity contribution in [1.82, 2.24) is 10.3 Å².